The lowest BCUT2D eigenvalue weighted by atomic mass is 10.0. The summed E-state index contributed by atoms with van der Waals surface area (Å²) in [6.07, 6.45) is 2.41. The molecule has 2 aromatic heterocycles. The van der Waals surface area contributed by atoms with Gasteiger partial charge in [-0.25, -0.2) is 9.97 Å². The Balaban J connectivity index is 0.00000225. The number of nitrogens with zero attached hydrogens (tertiary/aromatic N) is 5. The summed E-state index contributed by atoms with van der Waals surface area (Å²) in [6, 6.07) is 6.90. The van der Waals surface area contributed by atoms with Crippen LogP contribution in [0.5, 0.6) is 0 Å². The predicted octanol–water partition coefficient (Wildman–Crippen LogP) is 4.02. The molecule has 28 heavy (non-hydrogen) atoms. The number of piperidine rings is 1. The number of anilines is 1. The van der Waals surface area contributed by atoms with Crippen LogP contribution in [0.3, 0.4) is 0 Å². The molecule has 2 fully saturated rings. The fourth-order valence-electron chi connectivity index (χ4n) is 4.22. The van der Waals surface area contributed by atoms with E-state index in [0.717, 1.165) is 54.4 Å². The van der Waals surface area contributed by atoms with Crippen LogP contribution < -0.4 is 4.90 Å². The molecule has 8 heteroatoms. The van der Waals surface area contributed by atoms with Crippen molar-refractivity contribution in [1.82, 2.24) is 19.8 Å². The maximum Gasteiger partial charge on any atom is 0.225 e. The molecule has 0 atom stereocenters. The number of halogens is 2. The van der Waals surface area contributed by atoms with Gasteiger partial charge in [-0.1, -0.05) is 11.6 Å². The molecule has 0 N–H and O–H groups in total. The van der Waals surface area contributed by atoms with Crippen molar-refractivity contribution < 1.29 is 0 Å². The largest absolute Gasteiger partial charge is 0.341 e. The van der Waals surface area contributed by atoms with E-state index in [2.05, 4.69) is 44.6 Å². The highest BCUT2D eigenvalue weighted by Gasteiger charge is 2.28. The van der Waals surface area contributed by atoms with Gasteiger partial charge in [0.2, 0.25) is 5.95 Å². The molecule has 0 bridgehead atoms. The fourth-order valence-corrected chi connectivity index (χ4v) is 5.35. The molecule has 0 amide bonds. The minimum atomic E-state index is 0. The van der Waals surface area contributed by atoms with E-state index in [1.54, 1.807) is 11.3 Å². The van der Waals surface area contributed by atoms with Crippen molar-refractivity contribution >= 4 is 41.3 Å². The third kappa shape index (κ3) is 5.36. The smallest absolute Gasteiger partial charge is 0.225 e. The molecule has 4 heterocycles. The number of piperazine rings is 1. The zero-order valence-electron chi connectivity index (χ0n) is 16.6. The zero-order chi connectivity index (χ0) is 18.8. The van der Waals surface area contributed by atoms with Crippen molar-refractivity contribution in [3.63, 3.8) is 0 Å². The third-order valence-corrected chi connectivity index (χ3v) is 6.87. The van der Waals surface area contributed by atoms with Gasteiger partial charge in [0, 0.05) is 68.1 Å². The summed E-state index contributed by atoms with van der Waals surface area (Å²) >= 11 is 7.76. The highest BCUT2D eigenvalue weighted by atomic mass is 35.5. The number of thiophene rings is 1. The molecule has 0 aliphatic carbocycles. The van der Waals surface area contributed by atoms with Gasteiger partial charge in [-0.2, -0.15) is 0 Å². The minimum absolute atomic E-state index is 0. The van der Waals surface area contributed by atoms with E-state index in [0.29, 0.717) is 6.04 Å². The summed E-state index contributed by atoms with van der Waals surface area (Å²) in [7, 11) is 0. The van der Waals surface area contributed by atoms with E-state index >= 15 is 0 Å². The van der Waals surface area contributed by atoms with Crippen molar-refractivity contribution in [2.24, 2.45) is 0 Å². The SMILES string of the molecule is Cc1cc(C)nc(N2CCC(N3CCN(Cc4ccc(Cl)s4)CC3)CC2)n1.Cl. The molecule has 0 unspecified atom stereocenters. The molecule has 2 aromatic rings. The maximum absolute atomic E-state index is 6.05. The van der Waals surface area contributed by atoms with E-state index in [9.17, 15) is 0 Å². The van der Waals surface area contributed by atoms with E-state index in [1.807, 2.05) is 12.1 Å². The Hall–Kier alpha value is -0.920. The molecule has 0 saturated carbocycles. The second kappa shape index (κ2) is 9.72. The normalized spacial score (nSPS) is 19.6. The fraction of sp³-hybridized carbons (Fsp3) is 0.600. The molecule has 2 aliphatic rings. The Bertz CT molecular complexity index is 747. The summed E-state index contributed by atoms with van der Waals surface area (Å²) in [6.45, 7) is 11.9. The number of aryl methyl sites for hydroxylation is 2. The molecular formula is C20H29Cl2N5S. The standard InChI is InChI=1S/C20H28ClN5S.ClH/c1-15-13-16(2)23-20(22-15)26-7-5-17(6-8-26)25-11-9-24(10-12-25)14-18-3-4-19(21)27-18;/h3-4,13,17H,5-12,14H2,1-2H3;1H. The van der Waals surface area contributed by atoms with E-state index in [-0.39, 0.29) is 12.4 Å². The second-order valence-corrected chi connectivity index (χ2v) is 9.49. The predicted molar refractivity (Wildman–Crippen MR) is 120 cm³/mol. The van der Waals surface area contributed by atoms with Gasteiger partial charge < -0.3 is 4.90 Å². The molecule has 0 radical (unpaired) electrons. The first-order chi connectivity index (χ1) is 13.1. The molecule has 2 saturated heterocycles. The Morgan fingerprint density at radius 1 is 1.00 bits per heavy atom. The van der Waals surface area contributed by atoms with Gasteiger partial charge in [0.25, 0.3) is 0 Å². The first kappa shape index (κ1) is 21.8. The van der Waals surface area contributed by atoms with Crippen molar-refractivity contribution in [1.29, 1.82) is 0 Å². The maximum atomic E-state index is 6.05. The van der Waals surface area contributed by atoms with Gasteiger partial charge in [-0.05, 0) is 44.9 Å². The number of aromatic nitrogens is 2. The van der Waals surface area contributed by atoms with Crippen LogP contribution in [0.1, 0.15) is 29.1 Å². The summed E-state index contributed by atoms with van der Waals surface area (Å²) < 4.78 is 0.892. The summed E-state index contributed by atoms with van der Waals surface area (Å²) in [4.78, 5) is 18.2. The van der Waals surface area contributed by atoms with Crippen LogP contribution >= 0.6 is 35.3 Å². The van der Waals surface area contributed by atoms with Crippen LogP contribution in [0, 0.1) is 13.8 Å². The second-order valence-electron chi connectivity index (χ2n) is 7.69. The highest BCUT2D eigenvalue weighted by molar-refractivity contribution is 7.16. The average Bonchev–Trinajstić information content (AvgIpc) is 3.06. The van der Waals surface area contributed by atoms with Crippen molar-refractivity contribution in [2.75, 3.05) is 44.2 Å². The van der Waals surface area contributed by atoms with E-state index in [1.165, 1.54) is 30.8 Å². The zero-order valence-corrected chi connectivity index (χ0v) is 19.0. The van der Waals surface area contributed by atoms with Gasteiger partial charge in [0.05, 0.1) is 4.34 Å². The first-order valence-electron chi connectivity index (χ1n) is 9.85. The molecule has 154 valence electrons. The lowest BCUT2D eigenvalue weighted by molar-refractivity contribution is 0.0815. The van der Waals surface area contributed by atoms with E-state index in [4.69, 9.17) is 11.6 Å². The quantitative estimate of drug-likeness (QED) is 0.715. The van der Waals surface area contributed by atoms with Gasteiger partial charge in [0.15, 0.2) is 0 Å². The lowest BCUT2D eigenvalue weighted by Gasteiger charge is -2.42. The Morgan fingerprint density at radius 2 is 1.64 bits per heavy atom. The number of hydrogen-bond donors (Lipinski definition) is 0. The van der Waals surface area contributed by atoms with Crippen molar-refractivity contribution in [2.45, 2.75) is 39.3 Å². The van der Waals surface area contributed by atoms with Crippen LogP contribution in [0.15, 0.2) is 18.2 Å². The van der Waals surface area contributed by atoms with Crippen LogP contribution in [0.4, 0.5) is 5.95 Å². The van der Waals surface area contributed by atoms with Gasteiger partial charge in [0.1, 0.15) is 0 Å². The molecule has 0 spiro atoms. The Kier molecular flexibility index (Phi) is 7.56. The van der Waals surface area contributed by atoms with Crippen molar-refractivity contribution in [3.8, 4) is 0 Å². The minimum Gasteiger partial charge on any atom is -0.341 e. The summed E-state index contributed by atoms with van der Waals surface area (Å²) in [5.74, 6) is 0.908. The first-order valence-corrected chi connectivity index (χ1v) is 11.0. The molecule has 5 nitrogen and oxygen atoms in total. The lowest BCUT2D eigenvalue weighted by Crippen LogP contribution is -2.53. The molecule has 0 aromatic carbocycles. The van der Waals surface area contributed by atoms with Crippen LogP contribution in [-0.4, -0.2) is 65.1 Å². The third-order valence-electron chi connectivity index (χ3n) is 5.65. The Morgan fingerprint density at radius 3 is 2.21 bits per heavy atom. The van der Waals surface area contributed by atoms with Gasteiger partial charge in [-0.15, -0.1) is 23.7 Å². The number of hydrogen-bond acceptors (Lipinski definition) is 6. The average molecular weight is 442 g/mol. The van der Waals surface area contributed by atoms with Crippen LogP contribution in [0.2, 0.25) is 4.34 Å². The Labute approximate surface area is 183 Å². The molecule has 2 aliphatic heterocycles. The number of rotatable bonds is 4. The molecule has 4 rings (SSSR count). The molecular weight excluding hydrogens is 413 g/mol. The van der Waals surface area contributed by atoms with E-state index < -0.39 is 0 Å². The summed E-state index contributed by atoms with van der Waals surface area (Å²) in [5, 5.41) is 0. The van der Waals surface area contributed by atoms with Crippen LogP contribution in [0.25, 0.3) is 0 Å². The highest BCUT2D eigenvalue weighted by Crippen LogP contribution is 2.25. The van der Waals surface area contributed by atoms with Gasteiger partial charge >= 0.3 is 0 Å². The van der Waals surface area contributed by atoms with Crippen molar-refractivity contribution in [3.05, 3.63) is 38.8 Å². The summed E-state index contributed by atoms with van der Waals surface area (Å²) in [5.41, 5.74) is 2.12. The topological polar surface area (TPSA) is 35.5 Å². The monoisotopic (exact) mass is 441 g/mol. The van der Waals surface area contributed by atoms with Gasteiger partial charge in [-0.3, -0.25) is 9.80 Å². The van der Waals surface area contributed by atoms with Crippen LogP contribution in [-0.2, 0) is 6.54 Å².